The lowest BCUT2D eigenvalue weighted by Crippen LogP contribution is -2.51. The largest absolute Gasteiger partial charge is 0.403 e. The molecule has 1 aliphatic carbocycles. The maximum Gasteiger partial charge on any atom is 0.403 e. The van der Waals surface area contributed by atoms with Gasteiger partial charge in [-0.2, -0.15) is 26.3 Å². The Labute approximate surface area is 138 Å². The minimum atomic E-state index is -5.26. The summed E-state index contributed by atoms with van der Waals surface area (Å²) in [5.74, 6) is -0.259. The molecule has 0 bridgehead atoms. The first-order valence-corrected chi connectivity index (χ1v) is 8.02. The molecule has 0 N–H and O–H groups in total. The molecule has 136 valence electrons. The van der Waals surface area contributed by atoms with E-state index in [2.05, 4.69) is 0 Å². The molecule has 1 saturated carbocycles. The molecule has 0 spiro atoms. The van der Waals surface area contributed by atoms with Gasteiger partial charge in [0.25, 0.3) is 0 Å². The van der Waals surface area contributed by atoms with Crippen LogP contribution in [0, 0.1) is 5.41 Å². The monoisotopic (exact) mass is 352 g/mol. The van der Waals surface area contributed by atoms with Crippen molar-refractivity contribution in [1.82, 2.24) is 0 Å². The van der Waals surface area contributed by atoms with Crippen molar-refractivity contribution in [2.24, 2.45) is 5.41 Å². The van der Waals surface area contributed by atoms with Crippen LogP contribution in [0.2, 0.25) is 0 Å². The lowest BCUT2D eigenvalue weighted by molar-refractivity contribution is -0.350. The summed E-state index contributed by atoms with van der Waals surface area (Å²) in [4.78, 5) is 0. The van der Waals surface area contributed by atoms with Gasteiger partial charge in [0.15, 0.2) is 5.41 Å². The average molecular weight is 352 g/mol. The van der Waals surface area contributed by atoms with Gasteiger partial charge in [0.1, 0.15) is 0 Å². The summed E-state index contributed by atoms with van der Waals surface area (Å²) in [7, 11) is 0. The molecule has 1 fully saturated rings. The molecule has 0 aliphatic heterocycles. The van der Waals surface area contributed by atoms with Crippen molar-refractivity contribution in [2.45, 2.75) is 70.1 Å². The van der Waals surface area contributed by atoms with Crippen LogP contribution in [0.4, 0.5) is 26.3 Å². The van der Waals surface area contributed by atoms with Crippen molar-refractivity contribution < 1.29 is 26.3 Å². The van der Waals surface area contributed by atoms with Gasteiger partial charge in [-0.1, -0.05) is 45.0 Å². The summed E-state index contributed by atoms with van der Waals surface area (Å²) < 4.78 is 78.7. The molecule has 0 nitrogen and oxygen atoms in total. The lowest BCUT2D eigenvalue weighted by Gasteiger charge is -2.42. The van der Waals surface area contributed by atoms with E-state index in [1.807, 2.05) is 39.0 Å². The second kappa shape index (κ2) is 5.95. The van der Waals surface area contributed by atoms with Gasteiger partial charge < -0.3 is 0 Å². The number of benzene rings is 1. The van der Waals surface area contributed by atoms with Gasteiger partial charge in [-0.05, 0) is 48.1 Å². The molecule has 0 aromatic heterocycles. The highest BCUT2D eigenvalue weighted by atomic mass is 19.4. The zero-order valence-corrected chi connectivity index (χ0v) is 14.0. The van der Waals surface area contributed by atoms with Crippen molar-refractivity contribution in [3.05, 3.63) is 35.4 Å². The van der Waals surface area contributed by atoms with Crippen LogP contribution in [-0.4, -0.2) is 12.4 Å². The lowest BCUT2D eigenvalue weighted by atomic mass is 9.67. The zero-order chi connectivity index (χ0) is 18.4. The number of halogens is 6. The maximum absolute atomic E-state index is 13.1. The van der Waals surface area contributed by atoms with Gasteiger partial charge in [-0.15, -0.1) is 0 Å². The van der Waals surface area contributed by atoms with Crippen molar-refractivity contribution in [3.63, 3.8) is 0 Å². The van der Waals surface area contributed by atoms with Gasteiger partial charge in [0.05, 0.1) is 0 Å². The molecule has 2 rings (SSSR count). The fraction of sp³-hybridized carbons (Fsp3) is 0.667. The topological polar surface area (TPSA) is 0 Å². The quantitative estimate of drug-likeness (QED) is 0.490. The first kappa shape index (κ1) is 19.1. The Morgan fingerprint density at radius 3 is 1.79 bits per heavy atom. The Kier molecular flexibility index (Phi) is 4.75. The van der Waals surface area contributed by atoms with Gasteiger partial charge in [-0.3, -0.25) is 0 Å². The van der Waals surface area contributed by atoms with Crippen LogP contribution in [0.15, 0.2) is 24.3 Å². The summed E-state index contributed by atoms with van der Waals surface area (Å²) in [6.07, 6.45) is -12.5. The van der Waals surface area contributed by atoms with Crippen molar-refractivity contribution in [2.75, 3.05) is 0 Å². The molecule has 1 aliphatic rings. The molecule has 0 amide bonds. The summed E-state index contributed by atoms with van der Waals surface area (Å²) in [5.41, 5.74) is -1.81. The Balaban J connectivity index is 2.24. The first-order valence-electron chi connectivity index (χ1n) is 8.02. The van der Waals surface area contributed by atoms with Gasteiger partial charge in [0.2, 0.25) is 0 Å². The highest BCUT2D eigenvalue weighted by molar-refractivity contribution is 5.31. The third-order valence-electron chi connectivity index (χ3n) is 5.15. The molecule has 1 aromatic rings. The third-order valence-corrected chi connectivity index (χ3v) is 5.15. The molecule has 0 saturated heterocycles. The fourth-order valence-corrected chi connectivity index (χ4v) is 3.43. The van der Waals surface area contributed by atoms with Crippen LogP contribution >= 0.6 is 0 Å². The Morgan fingerprint density at radius 1 is 0.875 bits per heavy atom. The molecule has 0 atom stereocenters. The van der Waals surface area contributed by atoms with E-state index in [0.29, 0.717) is 0 Å². The maximum atomic E-state index is 13.1. The molecule has 0 radical (unpaired) electrons. The molecule has 0 heterocycles. The minimum Gasteiger partial charge on any atom is -0.170 e. The van der Waals surface area contributed by atoms with Crippen LogP contribution in [0.1, 0.15) is 63.5 Å². The van der Waals surface area contributed by atoms with Gasteiger partial charge >= 0.3 is 12.4 Å². The van der Waals surface area contributed by atoms with Crippen LogP contribution in [0.25, 0.3) is 0 Å². The highest BCUT2D eigenvalue weighted by Crippen LogP contribution is 2.60. The molecule has 6 heteroatoms. The van der Waals surface area contributed by atoms with Crippen molar-refractivity contribution in [3.8, 4) is 0 Å². The van der Waals surface area contributed by atoms with E-state index < -0.39 is 30.6 Å². The first-order chi connectivity index (χ1) is 10.8. The SMILES string of the molecule is CC(C)(C)c1cccc(C2CCC(C(F)(F)F)(C(F)(F)F)CC2)c1. The second-order valence-corrected chi connectivity index (χ2v) is 7.73. The van der Waals surface area contributed by atoms with E-state index in [4.69, 9.17) is 0 Å². The smallest absolute Gasteiger partial charge is 0.170 e. The normalized spacial score (nSPS) is 20.2. The van der Waals surface area contributed by atoms with Crippen LogP contribution in [0.3, 0.4) is 0 Å². The fourth-order valence-electron chi connectivity index (χ4n) is 3.43. The molecule has 1 aromatic carbocycles. The number of hydrogen-bond acceptors (Lipinski definition) is 0. The van der Waals surface area contributed by atoms with E-state index in [1.54, 1.807) is 6.07 Å². The number of alkyl halides is 6. The summed E-state index contributed by atoms with van der Waals surface area (Å²) in [6.45, 7) is 6.06. The van der Waals surface area contributed by atoms with E-state index >= 15 is 0 Å². The number of rotatable bonds is 1. The van der Waals surface area contributed by atoms with Crippen LogP contribution in [-0.2, 0) is 5.41 Å². The van der Waals surface area contributed by atoms with Crippen LogP contribution < -0.4 is 0 Å². The average Bonchev–Trinajstić information content (AvgIpc) is 2.44. The standard InChI is InChI=1S/C18H22F6/c1-15(2,3)14-6-4-5-13(11-14)12-7-9-16(10-8-12,17(19,20)21)18(22,23)24/h4-6,11-12H,7-10H2,1-3H3. The van der Waals surface area contributed by atoms with Crippen molar-refractivity contribution >= 4 is 0 Å². The Hall–Kier alpha value is -1.20. The van der Waals surface area contributed by atoms with E-state index in [0.717, 1.165) is 11.1 Å². The minimum absolute atomic E-state index is 0.105. The van der Waals surface area contributed by atoms with Gasteiger partial charge in [0, 0.05) is 0 Å². The Morgan fingerprint density at radius 2 is 1.38 bits per heavy atom. The van der Waals surface area contributed by atoms with Crippen molar-refractivity contribution in [1.29, 1.82) is 0 Å². The Bertz CT molecular complexity index is 552. The van der Waals surface area contributed by atoms with Gasteiger partial charge in [-0.25, -0.2) is 0 Å². The molecular weight excluding hydrogens is 330 g/mol. The molecule has 24 heavy (non-hydrogen) atoms. The zero-order valence-electron chi connectivity index (χ0n) is 14.0. The summed E-state index contributed by atoms with van der Waals surface area (Å²) in [5, 5.41) is 0. The van der Waals surface area contributed by atoms with E-state index in [9.17, 15) is 26.3 Å². The second-order valence-electron chi connectivity index (χ2n) is 7.73. The predicted octanol–water partition coefficient (Wildman–Crippen LogP) is 6.75. The molecule has 0 unspecified atom stereocenters. The number of hydrogen-bond donors (Lipinski definition) is 0. The summed E-state index contributed by atoms with van der Waals surface area (Å²) >= 11 is 0. The third kappa shape index (κ3) is 3.42. The highest BCUT2D eigenvalue weighted by Gasteiger charge is 2.70. The van der Waals surface area contributed by atoms with E-state index in [1.165, 1.54) is 0 Å². The predicted molar refractivity (Wildman–Crippen MR) is 80.9 cm³/mol. The van der Waals surface area contributed by atoms with E-state index in [-0.39, 0.29) is 24.2 Å². The molecular formula is C18H22F6. The van der Waals surface area contributed by atoms with Crippen LogP contribution in [0.5, 0.6) is 0 Å². The summed E-state index contributed by atoms with van der Waals surface area (Å²) in [6, 6.07) is 7.47.